The van der Waals surface area contributed by atoms with Crippen LogP contribution in [0.2, 0.25) is 0 Å². The third-order valence-electron chi connectivity index (χ3n) is 5.76. The summed E-state index contributed by atoms with van der Waals surface area (Å²) in [4.78, 5) is 16.0. The standard InChI is InChI=1S/C25H26N8O/c26-16-20-3-6-23(30-17-20)27-7-8-29-25-31-22(15-24-28-9-10-33(24)25)21-4-1-19(2-5-21)18-32-11-13-34-14-12-32/h1-6,9-10,15,17H,7-8,11-14,18H2,(H,27,30)(H,29,31). The second kappa shape index (κ2) is 10.3. The molecule has 1 aromatic carbocycles. The van der Waals surface area contributed by atoms with Crippen LogP contribution in [0.4, 0.5) is 11.8 Å². The second-order valence-corrected chi connectivity index (χ2v) is 8.10. The number of morpholine rings is 1. The van der Waals surface area contributed by atoms with E-state index < -0.39 is 0 Å². The van der Waals surface area contributed by atoms with Crippen molar-refractivity contribution in [1.82, 2.24) is 24.3 Å². The molecule has 4 heterocycles. The van der Waals surface area contributed by atoms with Crippen LogP contribution in [0, 0.1) is 11.3 Å². The van der Waals surface area contributed by atoms with Crippen LogP contribution in [0.1, 0.15) is 11.1 Å². The second-order valence-electron chi connectivity index (χ2n) is 8.10. The first-order chi connectivity index (χ1) is 16.8. The van der Waals surface area contributed by atoms with Crippen LogP contribution < -0.4 is 10.6 Å². The van der Waals surface area contributed by atoms with E-state index in [0.29, 0.717) is 18.7 Å². The molecule has 1 fully saturated rings. The molecule has 9 heteroatoms. The van der Waals surface area contributed by atoms with E-state index in [-0.39, 0.29) is 0 Å². The number of nitriles is 1. The van der Waals surface area contributed by atoms with Crippen LogP contribution >= 0.6 is 0 Å². The summed E-state index contributed by atoms with van der Waals surface area (Å²) in [6.07, 6.45) is 5.23. The van der Waals surface area contributed by atoms with Gasteiger partial charge < -0.3 is 15.4 Å². The fraction of sp³-hybridized carbons (Fsp3) is 0.280. The summed E-state index contributed by atoms with van der Waals surface area (Å²) in [6.45, 7) is 5.80. The predicted molar refractivity (Wildman–Crippen MR) is 130 cm³/mol. The topological polar surface area (TPSA) is 103 Å². The first-order valence-electron chi connectivity index (χ1n) is 11.4. The monoisotopic (exact) mass is 454 g/mol. The van der Waals surface area contributed by atoms with E-state index in [9.17, 15) is 0 Å². The highest BCUT2D eigenvalue weighted by Gasteiger charge is 2.12. The van der Waals surface area contributed by atoms with Gasteiger partial charge in [-0.2, -0.15) is 5.26 Å². The average Bonchev–Trinajstić information content (AvgIpc) is 3.37. The SMILES string of the molecule is N#Cc1ccc(NCCNc2nc(-c3ccc(CN4CCOCC4)cc3)cc3nccn23)nc1. The van der Waals surface area contributed by atoms with E-state index in [1.807, 2.05) is 16.7 Å². The van der Waals surface area contributed by atoms with E-state index in [0.717, 1.165) is 61.5 Å². The summed E-state index contributed by atoms with van der Waals surface area (Å²) in [7, 11) is 0. The molecule has 0 atom stereocenters. The van der Waals surface area contributed by atoms with Crippen molar-refractivity contribution in [1.29, 1.82) is 5.26 Å². The number of imidazole rings is 1. The third kappa shape index (κ3) is 5.14. The van der Waals surface area contributed by atoms with Gasteiger partial charge in [0.15, 0.2) is 0 Å². The Morgan fingerprint density at radius 1 is 1.00 bits per heavy atom. The molecule has 0 bridgehead atoms. The first kappa shape index (κ1) is 21.8. The van der Waals surface area contributed by atoms with Gasteiger partial charge in [0.1, 0.15) is 17.5 Å². The maximum Gasteiger partial charge on any atom is 0.209 e. The maximum absolute atomic E-state index is 8.88. The quantitative estimate of drug-likeness (QED) is 0.392. The molecule has 9 nitrogen and oxygen atoms in total. The van der Waals surface area contributed by atoms with Crippen LogP contribution in [0.15, 0.2) is 61.1 Å². The molecule has 2 N–H and O–H groups in total. The Hall–Kier alpha value is -4.00. The number of hydrogen-bond acceptors (Lipinski definition) is 8. The van der Waals surface area contributed by atoms with Crippen molar-refractivity contribution >= 4 is 17.4 Å². The van der Waals surface area contributed by atoms with Gasteiger partial charge in [-0.15, -0.1) is 0 Å². The Bertz CT molecular complexity index is 1270. The Morgan fingerprint density at radius 3 is 2.59 bits per heavy atom. The zero-order valence-electron chi connectivity index (χ0n) is 18.8. The van der Waals surface area contributed by atoms with E-state index in [1.54, 1.807) is 24.5 Å². The van der Waals surface area contributed by atoms with Crippen molar-refractivity contribution in [2.45, 2.75) is 6.54 Å². The molecule has 0 unspecified atom stereocenters. The first-order valence-corrected chi connectivity index (χ1v) is 11.4. The van der Waals surface area contributed by atoms with Gasteiger partial charge in [-0.3, -0.25) is 9.30 Å². The fourth-order valence-corrected chi connectivity index (χ4v) is 3.92. The highest BCUT2D eigenvalue weighted by Crippen LogP contribution is 2.22. The number of anilines is 2. The molecule has 1 saturated heterocycles. The molecule has 34 heavy (non-hydrogen) atoms. The lowest BCUT2D eigenvalue weighted by Crippen LogP contribution is -2.35. The Labute approximate surface area is 198 Å². The van der Waals surface area contributed by atoms with Gasteiger partial charge in [0.2, 0.25) is 5.95 Å². The highest BCUT2D eigenvalue weighted by molar-refractivity contribution is 5.66. The summed E-state index contributed by atoms with van der Waals surface area (Å²) in [5.41, 5.74) is 4.60. The largest absolute Gasteiger partial charge is 0.379 e. The molecule has 0 amide bonds. The normalized spacial score (nSPS) is 14.1. The van der Waals surface area contributed by atoms with E-state index in [4.69, 9.17) is 15.0 Å². The summed E-state index contributed by atoms with van der Waals surface area (Å²) in [6, 6.07) is 16.2. The molecule has 1 aliphatic heterocycles. The lowest BCUT2D eigenvalue weighted by atomic mass is 10.1. The minimum absolute atomic E-state index is 0.543. The number of fused-ring (bicyclic) bond motifs is 1. The lowest BCUT2D eigenvalue weighted by Gasteiger charge is -2.26. The minimum atomic E-state index is 0.543. The molecule has 5 rings (SSSR count). The number of aromatic nitrogens is 4. The number of ether oxygens (including phenoxy) is 1. The van der Waals surface area contributed by atoms with Crippen LogP contribution in [0.5, 0.6) is 0 Å². The van der Waals surface area contributed by atoms with Crippen LogP contribution in [0.3, 0.4) is 0 Å². The maximum atomic E-state index is 8.88. The third-order valence-corrected chi connectivity index (χ3v) is 5.76. The number of nitrogens with zero attached hydrogens (tertiary/aromatic N) is 6. The summed E-state index contributed by atoms with van der Waals surface area (Å²) < 4.78 is 7.38. The number of benzene rings is 1. The summed E-state index contributed by atoms with van der Waals surface area (Å²) in [5, 5.41) is 15.5. The van der Waals surface area contributed by atoms with Crippen LogP contribution in [-0.4, -0.2) is 63.6 Å². The zero-order valence-corrected chi connectivity index (χ0v) is 18.8. The molecule has 0 radical (unpaired) electrons. The number of nitrogens with one attached hydrogen (secondary N) is 2. The van der Waals surface area contributed by atoms with E-state index >= 15 is 0 Å². The summed E-state index contributed by atoms with van der Waals surface area (Å²) >= 11 is 0. The molecule has 3 aromatic heterocycles. The van der Waals surface area contributed by atoms with Gasteiger partial charge >= 0.3 is 0 Å². The Kier molecular flexibility index (Phi) is 6.61. The summed E-state index contributed by atoms with van der Waals surface area (Å²) in [5.74, 6) is 1.46. The van der Waals surface area contributed by atoms with Crippen molar-refractivity contribution in [2.24, 2.45) is 0 Å². The molecule has 0 aliphatic carbocycles. The highest BCUT2D eigenvalue weighted by atomic mass is 16.5. The van der Waals surface area contributed by atoms with Crippen molar-refractivity contribution in [3.8, 4) is 17.3 Å². The van der Waals surface area contributed by atoms with Crippen LogP contribution in [0.25, 0.3) is 16.9 Å². The predicted octanol–water partition coefficient (Wildman–Crippen LogP) is 3.02. The Balaban J connectivity index is 1.25. The van der Waals surface area contributed by atoms with Gasteiger partial charge in [0, 0.05) is 62.9 Å². The number of rotatable bonds is 8. The number of pyridine rings is 1. The molecular formula is C25H26N8O. The minimum Gasteiger partial charge on any atom is -0.379 e. The lowest BCUT2D eigenvalue weighted by molar-refractivity contribution is 0.0342. The van der Waals surface area contributed by atoms with Crippen LogP contribution in [-0.2, 0) is 11.3 Å². The molecule has 172 valence electrons. The molecule has 1 aliphatic rings. The fourth-order valence-electron chi connectivity index (χ4n) is 3.92. The van der Waals surface area contributed by atoms with Crippen molar-refractivity contribution in [2.75, 3.05) is 50.0 Å². The molecule has 4 aromatic rings. The van der Waals surface area contributed by atoms with Gasteiger partial charge in [-0.1, -0.05) is 24.3 Å². The van der Waals surface area contributed by atoms with Gasteiger partial charge in [0.25, 0.3) is 0 Å². The smallest absolute Gasteiger partial charge is 0.209 e. The average molecular weight is 455 g/mol. The van der Waals surface area contributed by atoms with Gasteiger partial charge in [0.05, 0.1) is 24.5 Å². The van der Waals surface area contributed by atoms with E-state index in [2.05, 4.69) is 55.8 Å². The van der Waals surface area contributed by atoms with E-state index in [1.165, 1.54) is 5.56 Å². The Morgan fingerprint density at radius 2 is 1.82 bits per heavy atom. The van der Waals surface area contributed by atoms with Gasteiger partial charge in [-0.25, -0.2) is 15.0 Å². The van der Waals surface area contributed by atoms with Crippen molar-refractivity contribution in [3.63, 3.8) is 0 Å². The molecular weight excluding hydrogens is 428 g/mol. The molecule has 0 spiro atoms. The van der Waals surface area contributed by atoms with Crippen molar-refractivity contribution < 1.29 is 4.74 Å². The molecule has 0 saturated carbocycles. The number of hydrogen-bond donors (Lipinski definition) is 2. The van der Waals surface area contributed by atoms with Crippen molar-refractivity contribution in [3.05, 3.63) is 72.2 Å². The van der Waals surface area contributed by atoms with Gasteiger partial charge in [-0.05, 0) is 17.7 Å². The zero-order chi connectivity index (χ0) is 23.2.